The average Bonchev–Trinajstić information content (AvgIpc) is 2.83. The standard InChI is InChI=1S/C13H18F2N2O3S.ClH/c1-13(8-16)6-7-17(9-13)21(18,19)11-5-3-2-4-10(11)20-12(14)15;/h2-5,12H,6-9,16H2,1H3;1H. The van der Waals surface area contributed by atoms with Gasteiger partial charge in [0.1, 0.15) is 10.6 Å². The summed E-state index contributed by atoms with van der Waals surface area (Å²) in [6, 6.07) is 5.41. The highest BCUT2D eigenvalue weighted by molar-refractivity contribution is 7.89. The SMILES string of the molecule is CC1(CN)CCN(S(=O)(=O)c2ccccc2OC(F)F)C1.Cl. The maximum absolute atomic E-state index is 12.6. The van der Waals surface area contributed by atoms with Crippen LogP contribution in [0.3, 0.4) is 0 Å². The van der Waals surface area contributed by atoms with Crippen molar-refractivity contribution in [1.29, 1.82) is 0 Å². The molecular formula is C13H19ClF2N2O3S. The maximum Gasteiger partial charge on any atom is 0.387 e. The number of hydrogen-bond donors (Lipinski definition) is 1. The molecule has 9 heteroatoms. The summed E-state index contributed by atoms with van der Waals surface area (Å²) in [5, 5.41) is 0. The van der Waals surface area contributed by atoms with E-state index in [2.05, 4.69) is 4.74 Å². The number of hydrogen-bond acceptors (Lipinski definition) is 4. The molecule has 1 atom stereocenters. The molecule has 1 aliphatic rings. The van der Waals surface area contributed by atoms with Crippen LogP contribution < -0.4 is 10.5 Å². The molecule has 5 nitrogen and oxygen atoms in total. The van der Waals surface area contributed by atoms with Crippen LogP contribution >= 0.6 is 12.4 Å². The van der Waals surface area contributed by atoms with Gasteiger partial charge in [0, 0.05) is 13.1 Å². The second-order valence-electron chi connectivity index (χ2n) is 5.43. The summed E-state index contributed by atoms with van der Waals surface area (Å²) in [6.07, 6.45) is 0.639. The Morgan fingerprint density at radius 3 is 2.59 bits per heavy atom. The average molecular weight is 357 g/mol. The molecule has 1 aromatic rings. The summed E-state index contributed by atoms with van der Waals surface area (Å²) < 4.78 is 55.6. The van der Waals surface area contributed by atoms with Crippen LogP contribution in [0.1, 0.15) is 13.3 Å². The van der Waals surface area contributed by atoms with Crippen molar-refractivity contribution in [2.45, 2.75) is 24.9 Å². The highest BCUT2D eigenvalue weighted by atomic mass is 35.5. The lowest BCUT2D eigenvalue weighted by Crippen LogP contribution is -2.34. The van der Waals surface area contributed by atoms with E-state index in [1.54, 1.807) is 0 Å². The molecule has 0 amide bonds. The zero-order valence-corrected chi connectivity index (χ0v) is 13.7. The zero-order valence-electron chi connectivity index (χ0n) is 12.0. The predicted octanol–water partition coefficient (Wildman–Crippen LogP) is 2.07. The molecule has 126 valence electrons. The Bertz CT molecular complexity index is 615. The fourth-order valence-electron chi connectivity index (χ4n) is 2.35. The summed E-state index contributed by atoms with van der Waals surface area (Å²) in [7, 11) is -3.88. The molecule has 2 rings (SSSR count). The molecule has 2 N–H and O–H groups in total. The van der Waals surface area contributed by atoms with Gasteiger partial charge >= 0.3 is 6.61 Å². The van der Waals surface area contributed by atoms with Gasteiger partial charge in [0.25, 0.3) is 0 Å². The van der Waals surface area contributed by atoms with E-state index in [1.165, 1.54) is 28.6 Å². The van der Waals surface area contributed by atoms with E-state index in [0.717, 1.165) is 0 Å². The number of rotatable bonds is 5. The highest BCUT2D eigenvalue weighted by Gasteiger charge is 2.40. The second-order valence-corrected chi connectivity index (χ2v) is 7.33. The smallest absolute Gasteiger partial charge is 0.387 e. The summed E-state index contributed by atoms with van der Waals surface area (Å²) >= 11 is 0. The number of nitrogens with zero attached hydrogens (tertiary/aromatic N) is 1. The Kier molecular flexibility index (Phi) is 6.14. The molecule has 1 aliphatic heterocycles. The van der Waals surface area contributed by atoms with Crippen molar-refractivity contribution < 1.29 is 21.9 Å². The van der Waals surface area contributed by atoms with Gasteiger partial charge in [-0.25, -0.2) is 8.42 Å². The van der Waals surface area contributed by atoms with Gasteiger partial charge in [0.2, 0.25) is 10.0 Å². The van der Waals surface area contributed by atoms with E-state index in [1.807, 2.05) is 6.92 Å². The molecule has 1 saturated heterocycles. The molecule has 0 bridgehead atoms. The quantitative estimate of drug-likeness (QED) is 0.876. The summed E-state index contributed by atoms with van der Waals surface area (Å²) in [4.78, 5) is -0.244. The number of alkyl halides is 2. The van der Waals surface area contributed by atoms with Gasteiger partial charge in [-0.05, 0) is 30.5 Å². The van der Waals surface area contributed by atoms with E-state index in [9.17, 15) is 17.2 Å². The summed E-state index contributed by atoms with van der Waals surface area (Å²) in [5.41, 5.74) is 5.38. The third kappa shape index (κ3) is 3.87. The molecular weight excluding hydrogens is 338 g/mol. The van der Waals surface area contributed by atoms with Gasteiger partial charge in [0.15, 0.2) is 0 Å². The van der Waals surface area contributed by atoms with Gasteiger partial charge in [-0.3, -0.25) is 0 Å². The van der Waals surface area contributed by atoms with E-state index in [4.69, 9.17) is 5.73 Å². The minimum atomic E-state index is -3.88. The number of halogens is 3. The second kappa shape index (κ2) is 7.08. The lowest BCUT2D eigenvalue weighted by atomic mass is 9.90. The minimum Gasteiger partial charge on any atom is -0.433 e. The van der Waals surface area contributed by atoms with Crippen LogP contribution in [0.2, 0.25) is 0 Å². The monoisotopic (exact) mass is 356 g/mol. The molecule has 0 spiro atoms. The number of nitrogens with two attached hydrogens (primary N) is 1. The molecule has 1 aromatic carbocycles. The van der Waals surface area contributed by atoms with Gasteiger partial charge in [-0.15, -0.1) is 12.4 Å². The molecule has 1 unspecified atom stereocenters. The number of sulfonamides is 1. The van der Waals surface area contributed by atoms with Crippen molar-refractivity contribution in [2.24, 2.45) is 11.1 Å². The van der Waals surface area contributed by atoms with Crippen molar-refractivity contribution in [1.82, 2.24) is 4.31 Å². The Balaban J connectivity index is 0.00000242. The number of ether oxygens (including phenoxy) is 1. The van der Waals surface area contributed by atoms with Crippen molar-refractivity contribution in [3.63, 3.8) is 0 Å². The Hall–Kier alpha value is -0.960. The first-order chi connectivity index (χ1) is 9.78. The topological polar surface area (TPSA) is 72.6 Å². The van der Waals surface area contributed by atoms with E-state index < -0.39 is 16.6 Å². The van der Waals surface area contributed by atoms with Gasteiger partial charge < -0.3 is 10.5 Å². The van der Waals surface area contributed by atoms with Crippen LogP contribution in [0.15, 0.2) is 29.2 Å². The van der Waals surface area contributed by atoms with Crippen LogP contribution in [-0.4, -0.2) is 39.0 Å². The first-order valence-electron chi connectivity index (χ1n) is 6.53. The first-order valence-corrected chi connectivity index (χ1v) is 7.97. The van der Waals surface area contributed by atoms with Gasteiger partial charge in [-0.2, -0.15) is 13.1 Å². The Morgan fingerprint density at radius 2 is 2.05 bits per heavy atom. The summed E-state index contributed by atoms with van der Waals surface area (Å²) in [6.45, 7) is -0.208. The minimum absolute atomic E-state index is 0. The zero-order chi connectivity index (χ0) is 15.7. The molecule has 0 aromatic heterocycles. The molecule has 0 saturated carbocycles. The molecule has 22 heavy (non-hydrogen) atoms. The normalized spacial score (nSPS) is 22.6. The van der Waals surface area contributed by atoms with Crippen molar-refractivity contribution >= 4 is 22.4 Å². The fraction of sp³-hybridized carbons (Fsp3) is 0.538. The van der Waals surface area contributed by atoms with Crippen LogP contribution in [0.5, 0.6) is 5.75 Å². The summed E-state index contributed by atoms with van der Waals surface area (Å²) in [5.74, 6) is -0.339. The number of para-hydroxylation sites is 1. The third-order valence-corrected chi connectivity index (χ3v) is 5.58. The van der Waals surface area contributed by atoms with E-state index >= 15 is 0 Å². The Labute approximate surface area is 134 Å². The van der Waals surface area contributed by atoms with Crippen LogP contribution in [0.25, 0.3) is 0 Å². The van der Waals surface area contributed by atoms with Crippen molar-refractivity contribution in [3.05, 3.63) is 24.3 Å². The molecule has 0 radical (unpaired) electrons. The van der Waals surface area contributed by atoms with Gasteiger partial charge in [0.05, 0.1) is 0 Å². The molecule has 0 aliphatic carbocycles. The van der Waals surface area contributed by atoms with Crippen molar-refractivity contribution in [3.8, 4) is 5.75 Å². The highest BCUT2D eigenvalue weighted by Crippen LogP contribution is 2.35. The van der Waals surface area contributed by atoms with Crippen molar-refractivity contribution in [2.75, 3.05) is 19.6 Å². The van der Waals surface area contributed by atoms with Crippen LogP contribution in [-0.2, 0) is 10.0 Å². The fourth-order valence-corrected chi connectivity index (χ4v) is 4.06. The van der Waals surface area contributed by atoms with Crippen LogP contribution in [0, 0.1) is 5.41 Å². The first kappa shape index (κ1) is 19.1. The molecule has 1 heterocycles. The number of benzene rings is 1. The van der Waals surface area contributed by atoms with E-state index in [0.29, 0.717) is 19.5 Å². The Morgan fingerprint density at radius 1 is 1.41 bits per heavy atom. The third-order valence-electron chi connectivity index (χ3n) is 3.70. The maximum atomic E-state index is 12.6. The van der Waals surface area contributed by atoms with E-state index in [-0.39, 0.29) is 35.0 Å². The largest absolute Gasteiger partial charge is 0.433 e. The van der Waals surface area contributed by atoms with Crippen LogP contribution in [0.4, 0.5) is 8.78 Å². The molecule has 1 fully saturated rings. The van der Waals surface area contributed by atoms with Gasteiger partial charge in [-0.1, -0.05) is 19.1 Å². The lowest BCUT2D eigenvalue weighted by Gasteiger charge is -2.23. The predicted molar refractivity (Wildman–Crippen MR) is 80.9 cm³/mol. The lowest BCUT2D eigenvalue weighted by molar-refractivity contribution is -0.0517.